The molecule has 2 fully saturated rings. The molecule has 0 amide bonds. The average molecular weight is 242 g/mol. The van der Waals surface area contributed by atoms with Crippen LogP contribution in [0.3, 0.4) is 0 Å². The summed E-state index contributed by atoms with van der Waals surface area (Å²) in [6.07, 6.45) is 2.67. The highest BCUT2D eigenvalue weighted by Gasteiger charge is 2.34. The molecule has 4 nitrogen and oxygen atoms in total. The predicted octanol–water partition coefficient (Wildman–Crippen LogP) is 0.722. The van der Waals surface area contributed by atoms with Crippen LogP contribution in [0.1, 0.15) is 19.8 Å². The van der Waals surface area contributed by atoms with E-state index in [0.29, 0.717) is 18.1 Å². The quantitative estimate of drug-likeness (QED) is 0.770. The molecule has 2 heterocycles. The Bertz CT molecular complexity index is 219. The second kappa shape index (κ2) is 6.69. The Kier molecular flexibility index (Phi) is 5.22. The number of nitrogens with zero attached hydrogens (tertiary/aromatic N) is 1. The Hall–Kier alpha value is -0.160. The van der Waals surface area contributed by atoms with Gasteiger partial charge in [-0.05, 0) is 26.4 Å². The summed E-state index contributed by atoms with van der Waals surface area (Å²) in [6, 6.07) is 0.459. The number of nitrogens with one attached hydrogen (secondary N) is 1. The molecule has 4 heteroatoms. The molecular weight excluding hydrogens is 216 g/mol. The van der Waals surface area contributed by atoms with Crippen LogP contribution >= 0.6 is 0 Å². The van der Waals surface area contributed by atoms with E-state index in [2.05, 4.69) is 24.2 Å². The third-order valence-electron chi connectivity index (χ3n) is 3.80. The first-order chi connectivity index (χ1) is 8.31. The van der Waals surface area contributed by atoms with Gasteiger partial charge in [-0.15, -0.1) is 0 Å². The smallest absolute Gasteiger partial charge is 0.0858 e. The number of ether oxygens (including phenoxy) is 2. The molecule has 2 aliphatic rings. The Balaban J connectivity index is 1.92. The highest BCUT2D eigenvalue weighted by atomic mass is 16.5. The van der Waals surface area contributed by atoms with Gasteiger partial charge < -0.3 is 19.7 Å². The molecular formula is C13H26N2O2. The van der Waals surface area contributed by atoms with Crippen LogP contribution in [0.2, 0.25) is 0 Å². The SMILES string of the molecule is CCCNC(C1CCOC1)C1CN(C)CCO1. The Morgan fingerprint density at radius 1 is 1.41 bits per heavy atom. The minimum Gasteiger partial charge on any atom is -0.381 e. The first kappa shape index (κ1) is 13.3. The number of rotatable bonds is 5. The van der Waals surface area contributed by atoms with Gasteiger partial charge in [0, 0.05) is 31.7 Å². The summed E-state index contributed by atoms with van der Waals surface area (Å²) >= 11 is 0. The molecule has 0 saturated carbocycles. The van der Waals surface area contributed by atoms with E-state index in [0.717, 1.165) is 39.5 Å². The van der Waals surface area contributed by atoms with Gasteiger partial charge in [-0.1, -0.05) is 6.92 Å². The van der Waals surface area contributed by atoms with Gasteiger partial charge in [-0.2, -0.15) is 0 Å². The van der Waals surface area contributed by atoms with Crippen LogP contribution in [-0.2, 0) is 9.47 Å². The lowest BCUT2D eigenvalue weighted by Crippen LogP contribution is -2.54. The topological polar surface area (TPSA) is 33.7 Å². The number of hydrogen-bond donors (Lipinski definition) is 1. The maximum Gasteiger partial charge on any atom is 0.0858 e. The van der Waals surface area contributed by atoms with E-state index in [1.807, 2.05) is 0 Å². The fourth-order valence-electron chi connectivity index (χ4n) is 2.78. The molecule has 0 spiro atoms. The molecule has 2 rings (SSSR count). The maximum absolute atomic E-state index is 5.96. The Morgan fingerprint density at radius 3 is 2.94 bits per heavy atom. The highest BCUT2D eigenvalue weighted by molar-refractivity contribution is 4.89. The molecule has 17 heavy (non-hydrogen) atoms. The van der Waals surface area contributed by atoms with E-state index < -0.39 is 0 Å². The molecule has 2 aliphatic heterocycles. The molecule has 0 aliphatic carbocycles. The largest absolute Gasteiger partial charge is 0.381 e. The number of morpholine rings is 1. The van der Waals surface area contributed by atoms with Crippen LogP contribution in [0, 0.1) is 5.92 Å². The molecule has 0 radical (unpaired) electrons. The lowest BCUT2D eigenvalue weighted by atomic mass is 9.93. The lowest BCUT2D eigenvalue weighted by Gasteiger charge is -2.38. The van der Waals surface area contributed by atoms with Crippen molar-refractivity contribution in [2.75, 3.05) is 46.5 Å². The zero-order valence-electron chi connectivity index (χ0n) is 11.2. The summed E-state index contributed by atoms with van der Waals surface area (Å²) in [4.78, 5) is 2.37. The van der Waals surface area contributed by atoms with Gasteiger partial charge >= 0.3 is 0 Å². The molecule has 0 bridgehead atoms. The molecule has 2 saturated heterocycles. The van der Waals surface area contributed by atoms with E-state index >= 15 is 0 Å². The van der Waals surface area contributed by atoms with Crippen LogP contribution in [-0.4, -0.2) is 63.5 Å². The van der Waals surface area contributed by atoms with Crippen molar-refractivity contribution in [2.24, 2.45) is 5.92 Å². The Labute approximate surface area is 105 Å². The Morgan fingerprint density at radius 2 is 2.29 bits per heavy atom. The highest BCUT2D eigenvalue weighted by Crippen LogP contribution is 2.22. The van der Waals surface area contributed by atoms with E-state index in [1.54, 1.807) is 0 Å². The van der Waals surface area contributed by atoms with E-state index in [9.17, 15) is 0 Å². The number of hydrogen-bond acceptors (Lipinski definition) is 4. The summed E-state index contributed by atoms with van der Waals surface area (Å²) in [5.74, 6) is 0.623. The van der Waals surface area contributed by atoms with Gasteiger partial charge in [0.15, 0.2) is 0 Å². The molecule has 3 unspecified atom stereocenters. The van der Waals surface area contributed by atoms with Crippen LogP contribution < -0.4 is 5.32 Å². The van der Waals surface area contributed by atoms with Crippen molar-refractivity contribution in [3.8, 4) is 0 Å². The summed E-state index contributed by atoms with van der Waals surface area (Å²) in [5, 5.41) is 3.67. The van der Waals surface area contributed by atoms with Crippen LogP contribution in [0.15, 0.2) is 0 Å². The van der Waals surface area contributed by atoms with Gasteiger partial charge in [-0.3, -0.25) is 0 Å². The second-order valence-corrected chi connectivity index (χ2v) is 5.28. The van der Waals surface area contributed by atoms with Crippen molar-refractivity contribution in [2.45, 2.75) is 31.9 Å². The van der Waals surface area contributed by atoms with Crippen molar-refractivity contribution in [1.29, 1.82) is 0 Å². The van der Waals surface area contributed by atoms with Crippen molar-refractivity contribution in [3.63, 3.8) is 0 Å². The summed E-state index contributed by atoms with van der Waals surface area (Å²) < 4.78 is 11.5. The summed E-state index contributed by atoms with van der Waals surface area (Å²) in [5.41, 5.74) is 0. The van der Waals surface area contributed by atoms with Gasteiger partial charge in [-0.25, -0.2) is 0 Å². The average Bonchev–Trinajstić information content (AvgIpc) is 2.83. The van der Waals surface area contributed by atoms with Crippen molar-refractivity contribution in [1.82, 2.24) is 10.2 Å². The monoisotopic (exact) mass is 242 g/mol. The molecule has 100 valence electrons. The second-order valence-electron chi connectivity index (χ2n) is 5.28. The fourth-order valence-corrected chi connectivity index (χ4v) is 2.78. The first-order valence-corrected chi connectivity index (χ1v) is 6.92. The third kappa shape index (κ3) is 3.65. The van der Waals surface area contributed by atoms with Crippen LogP contribution in [0.4, 0.5) is 0 Å². The predicted molar refractivity (Wildman–Crippen MR) is 68.2 cm³/mol. The zero-order chi connectivity index (χ0) is 12.1. The molecule has 0 aromatic heterocycles. The van der Waals surface area contributed by atoms with Crippen LogP contribution in [0.25, 0.3) is 0 Å². The lowest BCUT2D eigenvalue weighted by molar-refractivity contribution is -0.0497. The standard InChI is InChI=1S/C13H26N2O2/c1-3-5-14-13(11-4-7-16-10-11)12-9-15(2)6-8-17-12/h11-14H,3-10H2,1-2H3. The normalized spacial score (nSPS) is 32.8. The van der Waals surface area contributed by atoms with Crippen LogP contribution in [0.5, 0.6) is 0 Å². The molecule has 3 atom stereocenters. The minimum atomic E-state index is 0.326. The summed E-state index contributed by atoms with van der Waals surface area (Å²) in [7, 11) is 2.18. The molecule has 1 N–H and O–H groups in total. The first-order valence-electron chi connectivity index (χ1n) is 6.92. The van der Waals surface area contributed by atoms with Crippen molar-refractivity contribution >= 4 is 0 Å². The van der Waals surface area contributed by atoms with Gasteiger partial charge in [0.25, 0.3) is 0 Å². The third-order valence-corrected chi connectivity index (χ3v) is 3.80. The number of likely N-dealkylation sites (N-methyl/N-ethyl adjacent to an activating group) is 1. The maximum atomic E-state index is 5.96. The van der Waals surface area contributed by atoms with Gasteiger partial charge in [0.1, 0.15) is 0 Å². The summed E-state index contributed by atoms with van der Waals surface area (Å²) in [6.45, 7) is 8.05. The molecule has 0 aromatic rings. The zero-order valence-corrected chi connectivity index (χ0v) is 11.2. The van der Waals surface area contributed by atoms with Crippen molar-refractivity contribution in [3.05, 3.63) is 0 Å². The fraction of sp³-hybridized carbons (Fsp3) is 1.00. The molecule has 0 aromatic carbocycles. The van der Waals surface area contributed by atoms with E-state index in [-0.39, 0.29) is 0 Å². The minimum absolute atomic E-state index is 0.326. The van der Waals surface area contributed by atoms with E-state index in [4.69, 9.17) is 9.47 Å². The van der Waals surface area contributed by atoms with Crippen molar-refractivity contribution < 1.29 is 9.47 Å². The van der Waals surface area contributed by atoms with E-state index in [1.165, 1.54) is 12.8 Å². The van der Waals surface area contributed by atoms with Gasteiger partial charge in [0.2, 0.25) is 0 Å². The van der Waals surface area contributed by atoms with Gasteiger partial charge in [0.05, 0.1) is 19.3 Å².